The molecule has 0 aliphatic heterocycles. The van der Waals surface area contributed by atoms with Gasteiger partial charge in [-0.25, -0.2) is 0 Å². The maximum Gasteiger partial charge on any atom is 0.193 e. The van der Waals surface area contributed by atoms with Gasteiger partial charge in [-0.3, -0.25) is 4.99 Å². The second-order valence-corrected chi connectivity index (χ2v) is 3.82. The zero-order valence-corrected chi connectivity index (χ0v) is 9.93. The highest BCUT2D eigenvalue weighted by Crippen LogP contribution is 2.22. The zero-order chi connectivity index (χ0) is 10.6. The molecule has 1 aromatic rings. The number of nitrogens with two attached hydrogens (primary N) is 1. The molecule has 0 bridgehead atoms. The molecule has 0 fully saturated rings. The van der Waals surface area contributed by atoms with E-state index in [1.807, 2.05) is 32.0 Å². The molecule has 3 nitrogen and oxygen atoms in total. The van der Waals surface area contributed by atoms with Gasteiger partial charge < -0.3 is 11.1 Å². The fourth-order valence-electron chi connectivity index (χ4n) is 1.08. The van der Waals surface area contributed by atoms with E-state index in [2.05, 4.69) is 26.2 Å². The Bertz CT molecular complexity index is 347. The minimum Gasteiger partial charge on any atom is -0.370 e. The summed E-state index contributed by atoms with van der Waals surface area (Å²) < 4.78 is 0.984. The number of nitrogens with one attached hydrogen (secondary N) is 1. The molecule has 0 aliphatic carbocycles. The van der Waals surface area contributed by atoms with Crippen LogP contribution in [-0.2, 0) is 0 Å². The normalized spacial score (nSPS) is 11.5. The van der Waals surface area contributed by atoms with E-state index in [1.54, 1.807) is 0 Å². The van der Waals surface area contributed by atoms with Crippen molar-refractivity contribution in [1.82, 2.24) is 0 Å². The molecule has 0 aliphatic rings. The minimum atomic E-state index is 0.443. The number of nitrogens with zero attached hydrogens (tertiary/aromatic N) is 1. The van der Waals surface area contributed by atoms with Gasteiger partial charge in [-0.2, -0.15) is 0 Å². The van der Waals surface area contributed by atoms with Crippen molar-refractivity contribution in [3.8, 4) is 0 Å². The molecule has 3 N–H and O–H groups in total. The van der Waals surface area contributed by atoms with Crippen LogP contribution in [0.5, 0.6) is 0 Å². The monoisotopic (exact) mass is 255 g/mol. The Morgan fingerprint density at radius 3 is 2.93 bits per heavy atom. The predicted octanol–water partition coefficient (Wildman–Crippen LogP) is 2.50. The number of rotatable bonds is 2. The molecule has 76 valence electrons. The molecule has 0 amide bonds. The predicted molar refractivity (Wildman–Crippen MR) is 64.7 cm³/mol. The first-order valence-electron chi connectivity index (χ1n) is 4.46. The maximum atomic E-state index is 5.65. The van der Waals surface area contributed by atoms with E-state index in [-0.39, 0.29) is 0 Å². The number of halogens is 1. The first-order valence-corrected chi connectivity index (χ1v) is 5.26. The number of benzene rings is 1. The molecular formula is C10H14BrN3. The lowest BCUT2D eigenvalue weighted by Gasteiger charge is -2.08. The van der Waals surface area contributed by atoms with Crippen LogP contribution < -0.4 is 11.1 Å². The highest BCUT2D eigenvalue weighted by Gasteiger charge is 2.00. The molecule has 0 aromatic heterocycles. The Hall–Kier alpha value is -1.03. The first kappa shape index (κ1) is 11.0. The number of aryl methyl sites for hydroxylation is 1. The van der Waals surface area contributed by atoms with Crippen molar-refractivity contribution >= 4 is 27.6 Å². The standard InChI is InChI=1S/C10H14BrN3/c1-3-13-10(12)14-9-6-7(2)4-5-8(9)11/h4-6H,3H2,1-2H3,(H3,12,13,14). The van der Waals surface area contributed by atoms with Crippen LogP contribution >= 0.6 is 15.9 Å². The first-order chi connectivity index (χ1) is 6.63. The summed E-state index contributed by atoms with van der Waals surface area (Å²) in [6.45, 7) is 4.66. The Labute approximate surface area is 92.5 Å². The fraction of sp³-hybridized carbons (Fsp3) is 0.300. The topological polar surface area (TPSA) is 50.4 Å². The lowest BCUT2D eigenvalue weighted by molar-refractivity contribution is 1.12. The number of anilines is 1. The molecule has 1 rings (SSSR count). The Kier molecular flexibility index (Phi) is 3.95. The Morgan fingerprint density at radius 1 is 1.57 bits per heavy atom. The summed E-state index contributed by atoms with van der Waals surface area (Å²) in [4.78, 5) is 4.05. The SMILES string of the molecule is CCN=C(N)Nc1cc(C)ccc1Br. The second-order valence-electron chi connectivity index (χ2n) is 2.97. The van der Waals surface area contributed by atoms with Crippen LogP contribution in [0, 0.1) is 6.92 Å². The van der Waals surface area contributed by atoms with E-state index in [4.69, 9.17) is 5.73 Å². The van der Waals surface area contributed by atoms with E-state index in [1.165, 1.54) is 5.56 Å². The Morgan fingerprint density at radius 2 is 2.29 bits per heavy atom. The van der Waals surface area contributed by atoms with Gasteiger partial charge >= 0.3 is 0 Å². The van der Waals surface area contributed by atoms with Crippen LogP contribution in [0.2, 0.25) is 0 Å². The number of hydrogen-bond donors (Lipinski definition) is 2. The van der Waals surface area contributed by atoms with Crippen molar-refractivity contribution < 1.29 is 0 Å². The van der Waals surface area contributed by atoms with Crippen LogP contribution in [0.25, 0.3) is 0 Å². The van der Waals surface area contributed by atoms with Gasteiger partial charge in [-0.1, -0.05) is 6.07 Å². The summed E-state index contributed by atoms with van der Waals surface area (Å²) in [5.41, 5.74) is 7.78. The lowest BCUT2D eigenvalue weighted by Crippen LogP contribution is -2.22. The smallest absolute Gasteiger partial charge is 0.193 e. The van der Waals surface area contributed by atoms with Crippen LogP contribution in [0.4, 0.5) is 5.69 Å². The quantitative estimate of drug-likeness (QED) is 0.631. The number of aliphatic imine (C=N–C) groups is 1. The Balaban J connectivity index is 2.85. The molecule has 1 aromatic carbocycles. The molecule has 0 atom stereocenters. The van der Waals surface area contributed by atoms with Crippen molar-refractivity contribution in [3.05, 3.63) is 28.2 Å². The molecule has 0 saturated carbocycles. The summed E-state index contributed by atoms with van der Waals surface area (Å²) in [5.74, 6) is 0.443. The van der Waals surface area contributed by atoms with Crippen LogP contribution in [0.3, 0.4) is 0 Å². The molecule has 0 radical (unpaired) electrons. The molecule has 0 heterocycles. The van der Waals surface area contributed by atoms with Gasteiger partial charge in [0.15, 0.2) is 5.96 Å². The third-order valence-electron chi connectivity index (χ3n) is 1.71. The minimum absolute atomic E-state index is 0.443. The second kappa shape index (κ2) is 5.00. The van der Waals surface area contributed by atoms with Gasteiger partial charge in [0.2, 0.25) is 0 Å². The van der Waals surface area contributed by atoms with Gasteiger partial charge in [0.25, 0.3) is 0 Å². The fourth-order valence-corrected chi connectivity index (χ4v) is 1.43. The van der Waals surface area contributed by atoms with Gasteiger partial charge in [0, 0.05) is 11.0 Å². The van der Waals surface area contributed by atoms with Gasteiger partial charge in [0.1, 0.15) is 0 Å². The van der Waals surface area contributed by atoms with Crippen molar-refractivity contribution in [2.45, 2.75) is 13.8 Å². The average molecular weight is 256 g/mol. The van der Waals surface area contributed by atoms with E-state index in [0.29, 0.717) is 12.5 Å². The number of guanidine groups is 1. The summed E-state index contributed by atoms with van der Waals surface area (Å²) in [5, 5.41) is 3.03. The average Bonchev–Trinajstić information content (AvgIpc) is 2.12. The maximum absolute atomic E-state index is 5.65. The molecule has 0 spiro atoms. The van der Waals surface area contributed by atoms with Gasteiger partial charge in [0.05, 0.1) is 5.69 Å². The molecular weight excluding hydrogens is 242 g/mol. The summed E-state index contributed by atoms with van der Waals surface area (Å²) in [6.07, 6.45) is 0. The highest BCUT2D eigenvalue weighted by molar-refractivity contribution is 9.10. The third kappa shape index (κ3) is 3.03. The van der Waals surface area contributed by atoms with Gasteiger partial charge in [-0.15, -0.1) is 0 Å². The zero-order valence-electron chi connectivity index (χ0n) is 8.34. The number of hydrogen-bond acceptors (Lipinski definition) is 1. The largest absolute Gasteiger partial charge is 0.370 e. The van der Waals surface area contributed by atoms with E-state index < -0.39 is 0 Å². The van der Waals surface area contributed by atoms with E-state index in [9.17, 15) is 0 Å². The molecule has 0 saturated heterocycles. The van der Waals surface area contributed by atoms with E-state index >= 15 is 0 Å². The summed E-state index contributed by atoms with van der Waals surface area (Å²) in [7, 11) is 0. The molecule has 0 unspecified atom stereocenters. The van der Waals surface area contributed by atoms with Crippen LogP contribution in [0.15, 0.2) is 27.7 Å². The van der Waals surface area contributed by atoms with E-state index in [0.717, 1.165) is 10.2 Å². The third-order valence-corrected chi connectivity index (χ3v) is 2.40. The molecule has 14 heavy (non-hydrogen) atoms. The lowest BCUT2D eigenvalue weighted by atomic mass is 10.2. The van der Waals surface area contributed by atoms with Crippen molar-refractivity contribution in [1.29, 1.82) is 0 Å². The molecule has 4 heteroatoms. The summed E-state index contributed by atoms with van der Waals surface area (Å²) in [6, 6.07) is 6.03. The van der Waals surface area contributed by atoms with Crippen LogP contribution in [-0.4, -0.2) is 12.5 Å². The highest BCUT2D eigenvalue weighted by atomic mass is 79.9. The van der Waals surface area contributed by atoms with Crippen molar-refractivity contribution in [2.24, 2.45) is 10.7 Å². The summed E-state index contributed by atoms with van der Waals surface area (Å²) >= 11 is 3.44. The van der Waals surface area contributed by atoms with Gasteiger partial charge in [-0.05, 0) is 47.5 Å². The van der Waals surface area contributed by atoms with Crippen molar-refractivity contribution in [3.63, 3.8) is 0 Å². The van der Waals surface area contributed by atoms with Crippen LogP contribution in [0.1, 0.15) is 12.5 Å². The van der Waals surface area contributed by atoms with Crippen molar-refractivity contribution in [2.75, 3.05) is 11.9 Å².